The van der Waals surface area contributed by atoms with Crippen molar-refractivity contribution in [1.82, 2.24) is 0 Å². The molecule has 0 fully saturated rings. The summed E-state index contributed by atoms with van der Waals surface area (Å²) >= 11 is 0. The summed E-state index contributed by atoms with van der Waals surface area (Å²) in [6.07, 6.45) is 7.83. The molecule has 0 saturated carbocycles. The third-order valence-corrected chi connectivity index (χ3v) is 3.12. The van der Waals surface area contributed by atoms with E-state index in [0.717, 1.165) is 24.8 Å². The molecule has 2 nitrogen and oxygen atoms in total. The number of esters is 1. The second-order valence-electron chi connectivity index (χ2n) is 6.19. The van der Waals surface area contributed by atoms with E-state index in [1.54, 1.807) is 0 Å². The Hall–Kier alpha value is -2.19. The Morgan fingerprint density at radius 2 is 2.00 bits per heavy atom. The van der Waals surface area contributed by atoms with Gasteiger partial charge in [0.25, 0.3) is 0 Å². The van der Waals surface area contributed by atoms with E-state index in [2.05, 4.69) is 24.7 Å². The Balaban J connectivity index is 3.08. The molecule has 0 aliphatic heterocycles. The highest BCUT2D eigenvalue weighted by Gasteiger charge is 2.27. The van der Waals surface area contributed by atoms with Crippen LogP contribution in [0, 0.1) is 29.6 Å². The first-order valence-electron chi connectivity index (χ1n) is 7.65. The number of carbonyl (C=O) groups excluding carboxylic acids is 1. The van der Waals surface area contributed by atoms with E-state index in [1.165, 1.54) is 0 Å². The van der Waals surface area contributed by atoms with Crippen molar-refractivity contribution in [1.29, 1.82) is 0 Å². The van der Waals surface area contributed by atoms with Gasteiger partial charge >= 0.3 is 5.97 Å². The van der Waals surface area contributed by atoms with Gasteiger partial charge in [0.05, 0.1) is 5.41 Å². The van der Waals surface area contributed by atoms with Crippen molar-refractivity contribution in [2.75, 3.05) is 0 Å². The lowest BCUT2D eigenvalue weighted by Gasteiger charge is -2.21. The Morgan fingerprint density at radius 1 is 1.32 bits per heavy atom. The number of rotatable bonds is 4. The van der Waals surface area contributed by atoms with Gasteiger partial charge in [0.1, 0.15) is 0 Å². The van der Waals surface area contributed by atoms with Crippen molar-refractivity contribution < 1.29 is 9.53 Å². The molecule has 116 valence electrons. The van der Waals surface area contributed by atoms with Gasteiger partial charge in [-0.05, 0) is 33.3 Å². The molecule has 0 aromatic heterocycles. The summed E-state index contributed by atoms with van der Waals surface area (Å²) in [7, 11) is 0. The number of benzene rings is 1. The van der Waals surface area contributed by atoms with Crippen molar-refractivity contribution in [2.45, 2.75) is 53.1 Å². The highest BCUT2D eigenvalue weighted by atomic mass is 16.5. The second-order valence-corrected chi connectivity index (χ2v) is 6.19. The molecule has 2 heteroatoms. The van der Waals surface area contributed by atoms with Crippen LogP contribution in [0.15, 0.2) is 24.3 Å². The second kappa shape index (κ2) is 8.30. The molecule has 0 heterocycles. The van der Waals surface area contributed by atoms with E-state index < -0.39 is 11.5 Å². The van der Waals surface area contributed by atoms with Gasteiger partial charge in [-0.3, -0.25) is 4.79 Å². The standard InChI is InChI=1S/C20H24O2/c1-6-8-9-10-15-18(22-19(21)20(3,4)5)17-14-12-11-13-16(17)7-2/h2,11-14,18H,6,8-9H2,1,3-5H3. The topological polar surface area (TPSA) is 26.3 Å². The van der Waals surface area contributed by atoms with Crippen LogP contribution in [0.2, 0.25) is 0 Å². The average molecular weight is 296 g/mol. The Morgan fingerprint density at radius 3 is 2.59 bits per heavy atom. The monoisotopic (exact) mass is 296 g/mol. The van der Waals surface area contributed by atoms with Crippen LogP contribution < -0.4 is 0 Å². The minimum Gasteiger partial charge on any atom is -0.444 e. The molecule has 1 rings (SSSR count). The van der Waals surface area contributed by atoms with Gasteiger partial charge < -0.3 is 4.74 Å². The molecule has 1 aromatic rings. The van der Waals surface area contributed by atoms with Crippen LogP contribution in [0.5, 0.6) is 0 Å². The number of hydrogen-bond acceptors (Lipinski definition) is 2. The van der Waals surface area contributed by atoms with Gasteiger partial charge in [0, 0.05) is 17.5 Å². The maximum absolute atomic E-state index is 12.2. The Kier molecular flexibility index (Phi) is 6.74. The maximum Gasteiger partial charge on any atom is 0.312 e. The Labute approximate surface area is 134 Å². The van der Waals surface area contributed by atoms with E-state index in [0.29, 0.717) is 5.56 Å². The lowest BCUT2D eigenvalue weighted by Crippen LogP contribution is -2.25. The molecule has 0 aliphatic carbocycles. The van der Waals surface area contributed by atoms with Gasteiger partial charge in [-0.15, -0.1) is 6.42 Å². The molecule has 0 N–H and O–H groups in total. The van der Waals surface area contributed by atoms with Gasteiger partial charge in [-0.1, -0.05) is 49.3 Å². The van der Waals surface area contributed by atoms with Crippen molar-refractivity contribution >= 4 is 5.97 Å². The molecule has 0 aliphatic rings. The average Bonchev–Trinajstić information content (AvgIpc) is 2.49. The SMILES string of the molecule is C#Cc1ccccc1C(C#CCCCC)OC(=O)C(C)(C)C. The zero-order valence-electron chi connectivity index (χ0n) is 13.9. The fourth-order valence-electron chi connectivity index (χ4n) is 1.74. The Bertz CT molecular complexity index is 603. The van der Waals surface area contributed by atoms with E-state index in [1.807, 2.05) is 45.0 Å². The number of ether oxygens (including phenoxy) is 1. The predicted octanol–water partition coefficient (Wildman–Crippen LogP) is 4.49. The van der Waals surface area contributed by atoms with Gasteiger partial charge in [0.2, 0.25) is 0 Å². The highest BCUT2D eigenvalue weighted by Crippen LogP contribution is 2.25. The number of carbonyl (C=O) groups is 1. The lowest BCUT2D eigenvalue weighted by molar-refractivity contribution is -0.156. The summed E-state index contributed by atoms with van der Waals surface area (Å²) in [5, 5.41) is 0. The minimum atomic E-state index is -0.615. The number of unbranched alkanes of at least 4 members (excludes halogenated alkanes) is 2. The molecule has 0 radical (unpaired) electrons. The summed E-state index contributed by atoms with van der Waals surface area (Å²) in [5.74, 6) is 8.50. The molecule has 22 heavy (non-hydrogen) atoms. The van der Waals surface area contributed by atoms with Crippen LogP contribution in [0.25, 0.3) is 0 Å². The molecule has 0 spiro atoms. The molecular formula is C20H24O2. The molecule has 1 unspecified atom stereocenters. The van der Waals surface area contributed by atoms with Crippen molar-refractivity contribution in [3.8, 4) is 24.2 Å². The number of terminal acetylenes is 1. The van der Waals surface area contributed by atoms with Crippen LogP contribution in [0.3, 0.4) is 0 Å². The fraction of sp³-hybridized carbons (Fsp3) is 0.450. The van der Waals surface area contributed by atoms with Crippen LogP contribution >= 0.6 is 0 Å². The molecule has 0 amide bonds. The van der Waals surface area contributed by atoms with Crippen molar-refractivity contribution in [2.24, 2.45) is 5.41 Å². The molecule has 1 atom stereocenters. The van der Waals surface area contributed by atoms with Gasteiger partial charge in [-0.2, -0.15) is 0 Å². The van der Waals surface area contributed by atoms with E-state index in [4.69, 9.17) is 11.2 Å². The summed E-state index contributed by atoms with van der Waals surface area (Å²) in [6, 6.07) is 7.44. The molecular weight excluding hydrogens is 272 g/mol. The van der Waals surface area contributed by atoms with Gasteiger partial charge in [-0.25, -0.2) is 0 Å². The number of hydrogen-bond donors (Lipinski definition) is 0. The smallest absolute Gasteiger partial charge is 0.312 e. The van der Waals surface area contributed by atoms with Crippen molar-refractivity contribution in [3.05, 3.63) is 35.4 Å². The predicted molar refractivity (Wildman–Crippen MR) is 90.0 cm³/mol. The fourth-order valence-corrected chi connectivity index (χ4v) is 1.74. The highest BCUT2D eigenvalue weighted by molar-refractivity contribution is 5.76. The van der Waals surface area contributed by atoms with Crippen LogP contribution in [-0.4, -0.2) is 5.97 Å². The summed E-state index contributed by atoms with van der Waals surface area (Å²) < 4.78 is 5.62. The zero-order chi connectivity index (χ0) is 16.6. The largest absolute Gasteiger partial charge is 0.444 e. The first-order chi connectivity index (χ1) is 10.4. The van der Waals surface area contributed by atoms with E-state index in [9.17, 15) is 4.79 Å². The summed E-state index contributed by atoms with van der Waals surface area (Å²) in [6.45, 7) is 7.59. The summed E-state index contributed by atoms with van der Waals surface area (Å²) in [4.78, 5) is 12.2. The first kappa shape index (κ1) is 17.9. The normalized spacial score (nSPS) is 11.8. The van der Waals surface area contributed by atoms with E-state index >= 15 is 0 Å². The van der Waals surface area contributed by atoms with E-state index in [-0.39, 0.29) is 5.97 Å². The zero-order valence-corrected chi connectivity index (χ0v) is 13.9. The van der Waals surface area contributed by atoms with Gasteiger partial charge in [0.15, 0.2) is 6.10 Å². The van der Waals surface area contributed by atoms with Crippen LogP contribution in [-0.2, 0) is 9.53 Å². The minimum absolute atomic E-state index is 0.283. The van der Waals surface area contributed by atoms with Crippen LogP contribution in [0.4, 0.5) is 0 Å². The third-order valence-electron chi connectivity index (χ3n) is 3.12. The lowest BCUT2D eigenvalue weighted by atomic mass is 9.96. The quantitative estimate of drug-likeness (QED) is 0.465. The maximum atomic E-state index is 12.2. The summed E-state index contributed by atoms with van der Waals surface area (Å²) in [5.41, 5.74) is 0.902. The van der Waals surface area contributed by atoms with Crippen molar-refractivity contribution in [3.63, 3.8) is 0 Å². The van der Waals surface area contributed by atoms with Crippen LogP contribution in [0.1, 0.15) is 64.2 Å². The molecule has 0 bridgehead atoms. The first-order valence-corrected chi connectivity index (χ1v) is 7.65. The molecule has 0 saturated heterocycles. The third kappa shape index (κ3) is 5.30. The molecule has 1 aromatic carbocycles.